The fraction of sp³-hybridized carbons (Fsp3) is 0.391. The van der Waals surface area contributed by atoms with E-state index in [-0.39, 0.29) is 11.9 Å². The van der Waals surface area contributed by atoms with E-state index in [2.05, 4.69) is 14.9 Å². The third kappa shape index (κ3) is 4.71. The molecule has 152 valence electrons. The molecule has 1 fully saturated rings. The van der Waals surface area contributed by atoms with Gasteiger partial charge in [-0.3, -0.25) is 9.88 Å². The van der Waals surface area contributed by atoms with Crippen molar-refractivity contribution in [3.63, 3.8) is 0 Å². The van der Waals surface area contributed by atoms with Crippen LogP contribution in [0.4, 0.5) is 4.39 Å². The zero-order valence-corrected chi connectivity index (χ0v) is 16.7. The third-order valence-corrected chi connectivity index (χ3v) is 5.78. The van der Waals surface area contributed by atoms with Gasteiger partial charge in [-0.2, -0.15) is 0 Å². The predicted molar refractivity (Wildman–Crippen MR) is 112 cm³/mol. The summed E-state index contributed by atoms with van der Waals surface area (Å²) >= 11 is 0. The average Bonchev–Trinajstić information content (AvgIpc) is 2.74. The number of nitrogens with two attached hydrogens (primary N) is 1. The highest BCUT2D eigenvalue weighted by molar-refractivity contribution is 5.78. The molecule has 0 amide bonds. The van der Waals surface area contributed by atoms with Gasteiger partial charge in [-0.15, -0.1) is 0 Å². The van der Waals surface area contributed by atoms with Crippen LogP contribution in [0.25, 0.3) is 11.0 Å². The van der Waals surface area contributed by atoms with Gasteiger partial charge < -0.3 is 10.5 Å². The Balaban J connectivity index is 1.49. The second-order valence-electron chi connectivity index (χ2n) is 7.75. The fourth-order valence-electron chi connectivity index (χ4n) is 4.17. The molecule has 0 spiro atoms. The van der Waals surface area contributed by atoms with Gasteiger partial charge in [0.2, 0.25) is 5.88 Å². The number of hydrogen-bond acceptors (Lipinski definition) is 5. The Hall–Kier alpha value is -2.57. The van der Waals surface area contributed by atoms with Crippen molar-refractivity contribution >= 4 is 11.0 Å². The summed E-state index contributed by atoms with van der Waals surface area (Å²) < 4.78 is 18.5. The summed E-state index contributed by atoms with van der Waals surface area (Å²) in [5.74, 6) is 0.406. The van der Waals surface area contributed by atoms with E-state index in [0.717, 1.165) is 55.4 Å². The van der Waals surface area contributed by atoms with E-state index in [0.29, 0.717) is 11.9 Å². The van der Waals surface area contributed by atoms with E-state index < -0.39 is 0 Å². The summed E-state index contributed by atoms with van der Waals surface area (Å²) in [6, 6.07) is 13.2. The smallest absolute Gasteiger partial charge is 0.213 e. The maximum Gasteiger partial charge on any atom is 0.213 e. The third-order valence-electron chi connectivity index (χ3n) is 5.78. The SMILES string of the molecule is COc1ccc2nccc(CCN3CCC(N)CC3Cc3ccc(F)cc3)c2n1. The molecule has 4 rings (SSSR count). The molecule has 2 N–H and O–H groups in total. The topological polar surface area (TPSA) is 64.3 Å². The van der Waals surface area contributed by atoms with Gasteiger partial charge >= 0.3 is 0 Å². The number of benzene rings is 1. The van der Waals surface area contributed by atoms with Gasteiger partial charge in [0.1, 0.15) is 5.82 Å². The molecule has 1 aliphatic rings. The Morgan fingerprint density at radius 3 is 2.79 bits per heavy atom. The Bertz CT molecular complexity index is 963. The lowest BCUT2D eigenvalue weighted by Gasteiger charge is -2.38. The highest BCUT2D eigenvalue weighted by Crippen LogP contribution is 2.23. The van der Waals surface area contributed by atoms with E-state index in [1.165, 1.54) is 17.7 Å². The molecule has 0 radical (unpaired) electrons. The fourth-order valence-corrected chi connectivity index (χ4v) is 4.17. The van der Waals surface area contributed by atoms with Crippen molar-refractivity contribution in [1.29, 1.82) is 0 Å². The predicted octanol–water partition coefficient (Wildman–Crippen LogP) is 3.35. The molecular formula is C23H27FN4O. The molecule has 2 atom stereocenters. The second kappa shape index (κ2) is 8.84. The van der Waals surface area contributed by atoms with Crippen LogP contribution >= 0.6 is 0 Å². The first kappa shape index (κ1) is 19.7. The molecule has 6 heteroatoms. The Labute approximate surface area is 170 Å². The van der Waals surface area contributed by atoms with E-state index >= 15 is 0 Å². The summed E-state index contributed by atoms with van der Waals surface area (Å²) in [7, 11) is 1.63. The van der Waals surface area contributed by atoms with E-state index in [4.69, 9.17) is 10.5 Å². The lowest BCUT2D eigenvalue weighted by atomic mass is 9.92. The number of hydrogen-bond donors (Lipinski definition) is 1. The number of likely N-dealkylation sites (tertiary alicyclic amines) is 1. The minimum atomic E-state index is -0.196. The summed E-state index contributed by atoms with van der Waals surface area (Å²) in [5, 5.41) is 0. The number of piperidine rings is 1. The molecule has 1 aliphatic heterocycles. The molecule has 0 bridgehead atoms. The number of methoxy groups -OCH3 is 1. The molecule has 29 heavy (non-hydrogen) atoms. The van der Waals surface area contributed by atoms with Gasteiger partial charge in [0.25, 0.3) is 0 Å². The molecule has 3 aromatic rings. The molecule has 1 aromatic carbocycles. The zero-order chi connectivity index (χ0) is 20.2. The van der Waals surface area contributed by atoms with Crippen molar-refractivity contribution in [2.75, 3.05) is 20.2 Å². The summed E-state index contributed by atoms with van der Waals surface area (Å²) in [6.45, 7) is 1.91. The van der Waals surface area contributed by atoms with E-state index in [9.17, 15) is 4.39 Å². The van der Waals surface area contributed by atoms with Crippen molar-refractivity contribution in [3.05, 3.63) is 65.6 Å². The molecule has 1 saturated heterocycles. The maximum absolute atomic E-state index is 13.2. The quantitative estimate of drug-likeness (QED) is 0.695. The number of pyridine rings is 2. The highest BCUT2D eigenvalue weighted by atomic mass is 19.1. The standard InChI is InChI=1S/C23H27FN4O/c1-29-22-7-6-21-23(27-22)17(8-11-26-21)9-12-28-13-10-19(25)15-20(28)14-16-2-4-18(24)5-3-16/h2-8,11,19-20H,9-10,12-15,25H2,1H3. The second-order valence-corrected chi connectivity index (χ2v) is 7.75. The molecule has 2 unspecified atom stereocenters. The van der Waals surface area contributed by atoms with Crippen molar-refractivity contribution in [1.82, 2.24) is 14.9 Å². The number of nitrogens with zero attached hydrogens (tertiary/aromatic N) is 3. The van der Waals surface area contributed by atoms with Crippen LogP contribution in [-0.4, -0.2) is 47.2 Å². The number of ether oxygens (including phenoxy) is 1. The minimum Gasteiger partial charge on any atom is -0.481 e. The number of aromatic nitrogens is 2. The van der Waals surface area contributed by atoms with Gasteiger partial charge in [0, 0.05) is 30.9 Å². The van der Waals surface area contributed by atoms with Crippen molar-refractivity contribution < 1.29 is 9.13 Å². The zero-order valence-electron chi connectivity index (χ0n) is 16.7. The van der Waals surface area contributed by atoms with Crippen LogP contribution in [-0.2, 0) is 12.8 Å². The summed E-state index contributed by atoms with van der Waals surface area (Å²) in [4.78, 5) is 11.5. The van der Waals surface area contributed by atoms with Crippen LogP contribution in [0.3, 0.4) is 0 Å². The van der Waals surface area contributed by atoms with Crippen LogP contribution in [0.15, 0.2) is 48.7 Å². The first-order valence-electron chi connectivity index (χ1n) is 10.1. The lowest BCUT2D eigenvalue weighted by Crippen LogP contribution is -2.48. The molecule has 2 aromatic heterocycles. The maximum atomic E-state index is 13.2. The first-order valence-corrected chi connectivity index (χ1v) is 10.1. The minimum absolute atomic E-state index is 0.196. The van der Waals surface area contributed by atoms with E-state index in [1.54, 1.807) is 7.11 Å². The van der Waals surface area contributed by atoms with E-state index in [1.807, 2.05) is 36.5 Å². The Kier molecular flexibility index (Phi) is 6.02. The number of halogens is 1. The largest absolute Gasteiger partial charge is 0.481 e. The molecule has 3 heterocycles. The highest BCUT2D eigenvalue weighted by Gasteiger charge is 2.26. The molecule has 5 nitrogen and oxygen atoms in total. The number of fused-ring (bicyclic) bond motifs is 1. The van der Waals surface area contributed by atoms with Gasteiger partial charge in [0.05, 0.1) is 18.1 Å². The van der Waals surface area contributed by atoms with Crippen LogP contribution in [0.5, 0.6) is 5.88 Å². The van der Waals surface area contributed by atoms with Gasteiger partial charge in [0.15, 0.2) is 0 Å². The van der Waals surface area contributed by atoms with Crippen LogP contribution in [0, 0.1) is 5.82 Å². The van der Waals surface area contributed by atoms with Crippen molar-refractivity contribution in [2.24, 2.45) is 5.73 Å². The molecule has 0 aliphatic carbocycles. The lowest BCUT2D eigenvalue weighted by molar-refractivity contribution is 0.136. The Morgan fingerprint density at radius 1 is 1.17 bits per heavy atom. The van der Waals surface area contributed by atoms with Crippen molar-refractivity contribution in [3.8, 4) is 5.88 Å². The normalized spacial score (nSPS) is 20.1. The molecular weight excluding hydrogens is 367 g/mol. The summed E-state index contributed by atoms with van der Waals surface area (Å²) in [6.07, 6.45) is 5.57. The van der Waals surface area contributed by atoms with Crippen LogP contribution in [0.2, 0.25) is 0 Å². The monoisotopic (exact) mass is 394 g/mol. The molecule has 0 saturated carbocycles. The summed E-state index contributed by atoms with van der Waals surface area (Å²) in [5.41, 5.74) is 10.4. The average molecular weight is 394 g/mol. The number of rotatable bonds is 6. The van der Waals surface area contributed by atoms with Crippen LogP contribution in [0.1, 0.15) is 24.0 Å². The van der Waals surface area contributed by atoms with Crippen LogP contribution < -0.4 is 10.5 Å². The van der Waals surface area contributed by atoms with Gasteiger partial charge in [-0.1, -0.05) is 12.1 Å². The first-order chi connectivity index (χ1) is 14.1. The van der Waals surface area contributed by atoms with Gasteiger partial charge in [-0.05, 0) is 67.6 Å². The van der Waals surface area contributed by atoms with Crippen molar-refractivity contribution in [2.45, 2.75) is 37.8 Å². The van der Waals surface area contributed by atoms with Gasteiger partial charge in [-0.25, -0.2) is 9.37 Å². The Morgan fingerprint density at radius 2 is 2.00 bits per heavy atom.